The van der Waals surface area contributed by atoms with Crippen LogP contribution in [0.5, 0.6) is 5.75 Å². The first kappa shape index (κ1) is 11.1. The van der Waals surface area contributed by atoms with Crippen LogP contribution in [0.15, 0.2) is 24.3 Å². The lowest BCUT2D eigenvalue weighted by Crippen LogP contribution is -2.23. The van der Waals surface area contributed by atoms with E-state index in [0.717, 1.165) is 12.2 Å². The predicted octanol–water partition coefficient (Wildman–Crippen LogP) is 2.37. The quantitative estimate of drug-likeness (QED) is 0.779. The molecule has 0 aliphatic heterocycles. The Morgan fingerprint density at radius 1 is 1.29 bits per heavy atom. The molecule has 14 heavy (non-hydrogen) atoms. The molecule has 0 saturated carbocycles. The second-order valence-corrected chi connectivity index (χ2v) is 3.68. The first-order valence-electron chi connectivity index (χ1n) is 5.19. The van der Waals surface area contributed by atoms with Crippen molar-refractivity contribution in [3.63, 3.8) is 0 Å². The minimum absolute atomic E-state index is 0.0883. The van der Waals surface area contributed by atoms with Gasteiger partial charge in [0.15, 0.2) is 0 Å². The third kappa shape index (κ3) is 3.79. The Balaban J connectivity index is 2.46. The highest BCUT2D eigenvalue weighted by Gasteiger charge is 1.97. The number of hydrogen-bond donors (Lipinski definition) is 1. The van der Waals surface area contributed by atoms with E-state index in [2.05, 4.69) is 19.1 Å². The van der Waals surface area contributed by atoms with E-state index in [1.54, 1.807) is 0 Å². The lowest BCUT2D eigenvalue weighted by Gasteiger charge is -2.08. The van der Waals surface area contributed by atoms with Crippen molar-refractivity contribution in [3.8, 4) is 5.75 Å². The summed E-state index contributed by atoms with van der Waals surface area (Å²) in [6, 6.07) is 8.33. The highest BCUT2D eigenvalue weighted by Crippen LogP contribution is 2.13. The molecule has 0 fully saturated rings. The van der Waals surface area contributed by atoms with E-state index in [-0.39, 0.29) is 6.04 Å². The summed E-state index contributed by atoms with van der Waals surface area (Å²) in [5, 5.41) is 0. The fourth-order valence-corrected chi connectivity index (χ4v) is 1.27. The molecular weight excluding hydrogens is 174 g/mol. The van der Waals surface area contributed by atoms with Crippen LogP contribution in [-0.4, -0.2) is 12.6 Å². The van der Waals surface area contributed by atoms with Crippen LogP contribution in [-0.2, 0) is 6.42 Å². The molecule has 1 rings (SSSR count). The maximum Gasteiger partial charge on any atom is 0.119 e. The van der Waals surface area contributed by atoms with Crippen molar-refractivity contribution >= 4 is 0 Å². The predicted molar refractivity (Wildman–Crippen MR) is 59.6 cm³/mol. The summed E-state index contributed by atoms with van der Waals surface area (Å²) in [6.45, 7) is 4.69. The van der Waals surface area contributed by atoms with E-state index in [1.807, 2.05) is 19.1 Å². The Labute approximate surface area is 86.1 Å². The van der Waals surface area contributed by atoms with E-state index in [9.17, 15) is 0 Å². The van der Waals surface area contributed by atoms with Gasteiger partial charge in [0.2, 0.25) is 0 Å². The summed E-state index contributed by atoms with van der Waals surface area (Å²) in [5.74, 6) is 0.905. The molecule has 0 saturated heterocycles. The molecule has 2 N–H and O–H groups in total. The van der Waals surface area contributed by atoms with Crippen molar-refractivity contribution in [1.29, 1.82) is 0 Å². The van der Waals surface area contributed by atoms with Gasteiger partial charge in [-0.15, -0.1) is 0 Å². The van der Waals surface area contributed by atoms with Gasteiger partial charge in [-0.05, 0) is 31.0 Å². The molecule has 1 aromatic carbocycles. The molecule has 1 atom stereocenters. The fraction of sp³-hybridized carbons (Fsp3) is 0.500. The maximum absolute atomic E-state index is 5.59. The summed E-state index contributed by atoms with van der Waals surface area (Å²) < 4.78 is 5.48. The van der Waals surface area contributed by atoms with Crippen LogP contribution in [0, 0.1) is 0 Å². The summed E-state index contributed by atoms with van der Waals surface area (Å²) in [4.78, 5) is 0. The van der Waals surface area contributed by atoms with Crippen molar-refractivity contribution in [3.05, 3.63) is 29.8 Å². The first-order valence-corrected chi connectivity index (χ1v) is 5.19. The molecule has 1 aromatic rings. The third-order valence-electron chi connectivity index (χ3n) is 1.97. The Morgan fingerprint density at radius 3 is 2.43 bits per heavy atom. The number of benzene rings is 1. The average molecular weight is 193 g/mol. The summed E-state index contributed by atoms with van der Waals surface area (Å²) in [6.07, 6.45) is 2.31. The molecule has 0 bridgehead atoms. The lowest BCUT2D eigenvalue weighted by molar-refractivity contribution is 0.296. The minimum atomic E-state index is 0.0883. The van der Waals surface area contributed by atoms with Gasteiger partial charge in [0.25, 0.3) is 0 Å². The standard InChI is InChI=1S/C12H19NO/c1-3-4-11-5-7-12(8-6-11)14-9-10(2)13/h5-8,10H,3-4,9,13H2,1-2H3/t10-/m0/s1. The Kier molecular flexibility index (Phi) is 4.47. The van der Waals surface area contributed by atoms with Crippen molar-refractivity contribution in [1.82, 2.24) is 0 Å². The van der Waals surface area contributed by atoms with E-state index >= 15 is 0 Å². The maximum atomic E-state index is 5.59. The topological polar surface area (TPSA) is 35.2 Å². The molecule has 0 aliphatic carbocycles. The SMILES string of the molecule is CCCc1ccc(OC[C@H](C)N)cc1. The number of rotatable bonds is 5. The van der Waals surface area contributed by atoms with Crippen LogP contribution in [0.1, 0.15) is 25.8 Å². The van der Waals surface area contributed by atoms with Crippen LogP contribution in [0.3, 0.4) is 0 Å². The molecule has 2 nitrogen and oxygen atoms in total. The van der Waals surface area contributed by atoms with Crippen LogP contribution in [0.4, 0.5) is 0 Å². The molecule has 78 valence electrons. The number of aryl methyl sites for hydroxylation is 1. The summed E-state index contributed by atoms with van der Waals surface area (Å²) in [7, 11) is 0. The van der Waals surface area contributed by atoms with Gasteiger partial charge >= 0.3 is 0 Å². The zero-order valence-corrected chi connectivity index (χ0v) is 8.99. The van der Waals surface area contributed by atoms with Crippen molar-refractivity contribution < 1.29 is 4.74 Å². The molecule has 0 aliphatic rings. The second kappa shape index (κ2) is 5.66. The minimum Gasteiger partial charge on any atom is -0.492 e. The number of ether oxygens (including phenoxy) is 1. The number of nitrogens with two attached hydrogens (primary N) is 1. The Morgan fingerprint density at radius 2 is 1.93 bits per heavy atom. The van der Waals surface area contributed by atoms with Crippen LogP contribution in [0.25, 0.3) is 0 Å². The smallest absolute Gasteiger partial charge is 0.119 e. The molecular formula is C12H19NO. The molecule has 0 radical (unpaired) electrons. The molecule has 0 amide bonds. The number of hydrogen-bond acceptors (Lipinski definition) is 2. The van der Waals surface area contributed by atoms with E-state index < -0.39 is 0 Å². The second-order valence-electron chi connectivity index (χ2n) is 3.68. The molecule has 2 heteroatoms. The van der Waals surface area contributed by atoms with Gasteiger partial charge in [-0.3, -0.25) is 0 Å². The Bertz CT molecular complexity index is 254. The highest BCUT2D eigenvalue weighted by atomic mass is 16.5. The lowest BCUT2D eigenvalue weighted by atomic mass is 10.1. The van der Waals surface area contributed by atoms with Crippen LogP contribution in [0.2, 0.25) is 0 Å². The van der Waals surface area contributed by atoms with Gasteiger partial charge < -0.3 is 10.5 Å². The average Bonchev–Trinajstić information content (AvgIpc) is 2.17. The normalized spacial score (nSPS) is 12.5. The molecule has 0 heterocycles. The Hall–Kier alpha value is -1.02. The van der Waals surface area contributed by atoms with Crippen molar-refractivity contribution in [2.45, 2.75) is 32.7 Å². The van der Waals surface area contributed by atoms with Gasteiger partial charge in [0.1, 0.15) is 12.4 Å². The molecule has 0 unspecified atom stereocenters. The largest absolute Gasteiger partial charge is 0.492 e. The highest BCUT2D eigenvalue weighted by molar-refractivity contribution is 5.27. The van der Waals surface area contributed by atoms with Gasteiger partial charge in [-0.2, -0.15) is 0 Å². The zero-order valence-electron chi connectivity index (χ0n) is 8.99. The third-order valence-corrected chi connectivity index (χ3v) is 1.97. The summed E-state index contributed by atoms with van der Waals surface area (Å²) in [5.41, 5.74) is 6.95. The van der Waals surface area contributed by atoms with Crippen molar-refractivity contribution in [2.75, 3.05) is 6.61 Å². The summed E-state index contributed by atoms with van der Waals surface area (Å²) >= 11 is 0. The van der Waals surface area contributed by atoms with Gasteiger partial charge in [-0.25, -0.2) is 0 Å². The van der Waals surface area contributed by atoms with Crippen LogP contribution >= 0.6 is 0 Å². The van der Waals surface area contributed by atoms with E-state index in [4.69, 9.17) is 10.5 Å². The van der Waals surface area contributed by atoms with E-state index in [1.165, 1.54) is 12.0 Å². The van der Waals surface area contributed by atoms with Gasteiger partial charge in [-0.1, -0.05) is 25.5 Å². The van der Waals surface area contributed by atoms with Crippen LogP contribution < -0.4 is 10.5 Å². The van der Waals surface area contributed by atoms with Gasteiger partial charge in [0.05, 0.1) is 0 Å². The first-order chi connectivity index (χ1) is 6.72. The van der Waals surface area contributed by atoms with E-state index in [0.29, 0.717) is 6.61 Å². The molecule has 0 spiro atoms. The zero-order chi connectivity index (χ0) is 10.4. The monoisotopic (exact) mass is 193 g/mol. The van der Waals surface area contributed by atoms with Crippen molar-refractivity contribution in [2.24, 2.45) is 5.73 Å². The van der Waals surface area contributed by atoms with Gasteiger partial charge in [0, 0.05) is 6.04 Å². The fourth-order valence-electron chi connectivity index (χ4n) is 1.27. The molecule has 0 aromatic heterocycles.